The fourth-order valence-corrected chi connectivity index (χ4v) is 3.98. The van der Waals surface area contributed by atoms with Crippen molar-refractivity contribution in [3.8, 4) is 0 Å². The summed E-state index contributed by atoms with van der Waals surface area (Å²) in [6.45, 7) is 9.23. The highest BCUT2D eigenvalue weighted by molar-refractivity contribution is 4.97. The van der Waals surface area contributed by atoms with Gasteiger partial charge in [-0.05, 0) is 49.4 Å². The molecule has 2 nitrogen and oxygen atoms in total. The lowest BCUT2D eigenvalue weighted by Crippen LogP contribution is -2.45. The van der Waals surface area contributed by atoms with E-state index in [0.717, 1.165) is 11.8 Å². The van der Waals surface area contributed by atoms with Gasteiger partial charge in [0.05, 0.1) is 12.2 Å². The quantitative estimate of drug-likeness (QED) is 0.817. The van der Waals surface area contributed by atoms with Gasteiger partial charge in [0, 0.05) is 6.61 Å². The molecule has 2 aliphatic carbocycles. The lowest BCUT2D eigenvalue weighted by atomic mass is 9.76. The number of aliphatic hydroxyl groups is 1. The number of hydrogen-bond donors (Lipinski definition) is 1. The van der Waals surface area contributed by atoms with E-state index in [1.54, 1.807) is 0 Å². The molecule has 2 bridgehead atoms. The number of ether oxygens (including phenoxy) is 1. The minimum absolute atomic E-state index is 0.0168. The molecule has 5 atom stereocenters. The SMILES string of the molecule is CCOC(C(O)C1CC2CCC1C2)C(C)(C)C. The van der Waals surface area contributed by atoms with Gasteiger partial charge in [0.1, 0.15) is 0 Å². The van der Waals surface area contributed by atoms with Crippen LogP contribution in [0.15, 0.2) is 0 Å². The molecule has 2 fully saturated rings. The smallest absolute Gasteiger partial charge is 0.0884 e. The fourth-order valence-electron chi connectivity index (χ4n) is 3.98. The van der Waals surface area contributed by atoms with E-state index in [-0.39, 0.29) is 17.6 Å². The summed E-state index contributed by atoms with van der Waals surface area (Å²) >= 11 is 0. The van der Waals surface area contributed by atoms with Gasteiger partial charge in [-0.3, -0.25) is 0 Å². The molecule has 0 spiro atoms. The molecule has 2 saturated carbocycles. The van der Waals surface area contributed by atoms with E-state index in [0.29, 0.717) is 12.5 Å². The third kappa shape index (κ3) is 2.68. The summed E-state index contributed by atoms with van der Waals surface area (Å²) in [6, 6.07) is 0. The monoisotopic (exact) mass is 240 g/mol. The summed E-state index contributed by atoms with van der Waals surface area (Å²) in [7, 11) is 0. The highest BCUT2D eigenvalue weighted by Crippen LogP contribution is 2.51. The largest absolute Gasteiger partial charge is 0.390 e. The average molecular weight is 240 g/mol. The second-order valence-electron chi connectivity index (χ2n) is 7.07. The van der Waals surface area contributed by atoms with Crippen molar-refractivity contribution in [3.63, 3.8) is 0 Å². The Labute approximate surface area is 106 Å². The van der Waals surface area contributed by atoms with Crippen molar-refractivity contribution < 1.29 is 9.84 Å². The van der Waals surface area contributed by atoms with E-state index in [9.17, 15) is 5.11 Å². The minimum Gasteiger partial charge on any atom is -0.390 e. The summed E-state index contributed by atoms with van der Waals surface area (Å²) < 4.78 is 5.84. The van der Waals surface area contributed by atoms with Gasteiger partial charge in [0.25, 0.3) is 0 Å². The molecule has 0 radical (unpaired) electrons. The highest BCUT2D eigenvalue weighted by Gasteiger charge is 2.47. The van der Waals surface area contributed by atoms with Crippen LogP contribution in [0.2, 0.25) is 0 Å². The minimum atomic E-state index is -0.273. The van der Waals surface area contributed by atoms with Crippen LogP contribution in [0.4, 0.5) is 0 Å². The maximum absolute atomic E-state index is 10.7. The summed E-state index contributed by atoms with van der Waals surface area (Å²) in [6.07, 6.45) is 5.01. The van der Waals surface area contributed by atoms with Gasteiger partial charge in [-0.2, -0.15) is 0 Å². The van der Waals surface area contributed by atoms with Gasteiger partial charge < -0.3 is 9.84 Å². The molecule has 2 heteroatoms. The van der Waals surface area contributed by atoms with Crippen LogP contribution in [0.1, 0.15) is 53.4 Å². The van der Waals surface area contributed by atoms with Gasteiger partial charge in [-0.1, -0.05) is 27.2 Å². The van der Waals surface area contributed by atoms with Crippen LogP contribution < -0.4 is 0 Å². The van der Waals surface area contributed by atoms with Crippen molar-refractivity contribution in [2.75, 3.05) is 6.61 Å². The third-order valence-electron chi connectivity index (χ3n) is 4.74. The predicted molar refractivity (Wildman–Crippen MR) is 69.8 cm³/mol. The molecule has 2 aliphatic rings. The molecule has 17 heavy (non-hydrogen) atoms. The Morgan fingerprint density at radius 3 is 2.35 bits per heavy atom. The van der Waals surface area contributed by atoms with Crippen molar-refractivity contribution in [2.24, 2.45) is 23.2 Å². The van der Waals surface area contributed by atoms with Crippen LogP contribution in [-0.4, -0.2) is 23.9 Å². The van der Waals surface area contributed by atoms with Gasteiger partial charge in [0.15, 0.2) is 0 Å². The van der Waals surface area contributed by atoms with Crippen molar-refractivity contribution >= 4 is 0 Å². The molecule has 0 heterocycles. The predicted octanol–water partition coefficient (Wildman–Crippen LogP) is 3.23. The van der Waals surface area contributed by atoms with Crippen molar-refractivity contribution in [3.05, 3.63) is 0 Å². The Bertz CT molecular complexity index is 256. The first kappa shape index (κ1) is 13.4. The van der Waals surface area contributed by atoms with Crippen LogP contribution in [-0.2, 0) is 4.74 Å². The molecule has 0 aromatic heterocycles. The van der Waals surface area contributed by atoms with Gasteiger partial charge in [0.2, 0.25) is 0 Å². The van der Waals surface area contributed by atoms with Crippen molar-refractivity contribution in [1.82, 2.24) is 0 Å². The average Bonchev–Trinajstić information content (AvgIpc) is 2.84. The number of fused-ring (bicyclic) bond motifs is 2. The number of rotatable bonds is 4. The first-order chi connectivity index (χ1) is 7.93. The second kappa shape index (κ2) is 4.89. The van der Waals surface area contributed by atoms with E-state index in [1.165, 1.54) is 25.7 Å². The van der Waals surface area contributed by atoms with Crippen molar-refractivity contribution in [2.45, 2.75) is 65.6 Å². The summed E-state index contributed by atoms with van der Waals surface area (Å²) in [5.41, 5.74) is 0.0251. The molecular weight excluding hydrogens is 212 g/mol. The standard InChI is InChI=1S/C15H28O2/c1-5-17-14(15(2,3)4)13(16)12-9-10-6-7-11(12)8-10/h10-14,16H,5-9H2,1-4H3. The molecule has 5 unspecified atom stereocenters. The van der Waals surface area contributed by atoms with Gasteiger partial charge in [-0.25, -0.2) is 0 Å². The molecule has 0 aromatic carbocycles. The van der Waals surface area contributed by atoms with Crippen LogP contribution in [0.25, 0.3) is 0 Å². The maximum Gasteiger partial charge on any atom is 0.0884 e. The van der Waals surface area contributed by atoms with E-state index >= 15 is 0 Å². The zero-order valence-corrected chi connectivity index (χ0v) is 11.8. The summed E-state index contributed by atoms with van der Waals surface area (Å²) in [4.78, 5) is 0. The fraction of sp³-hybridized carbons (Fsp3) is 1.00. The van der Waals surface area contributed by atoms with Crippen LogP contribution in [0, 0.1) is 23.2 Å². The zero-order chi connectivity index (χ0) is 12.6. The van der Waals surface area contributed by atoms with E-state index < -0.39 is 0 Å². The molecule has 100 valence electrons. The molecular formula is C15H28O2. The molecule has 0 aromatic rings. The Balaban J connectivity index is 2.03. The van der Waals surface area contributed by atoms with E-state index in [4.69, 9.17) is 4.74 Å². The van der Waals surface area contributed by atoms with Gasteiger partial charge in [-0.15, -0.1) is 0 Å². The molecule has 0 saturated heterocycles. The molecule has 2 rings (SSSR count). The van der Waals surface area contributed by atoms with Gasteiger partial charge >= 0.3 is 0 Å². The number of hydrogen-bond acceptors (Lipinski definition) is 2. The Morgan fingerprint density at radius 2 is 1.94 bits per heavy atom. The Kier molecular flexibility index (Phi) is 3.84. The van der Waals surface area contributed by atoms with Crippen LogP contribution >= 0.6 is 0 Å². The second-order valence-corrected chi connectivity index (χ2v) is 7.07. The first-order valence-corrected chi connectivity index (χ1v) is 7.23. The normalized spacial score (nSPS) is 36.2. The Morgan fingerprint density at radius 1 is 1.24 bits per heavy atom. The third-order valence-corrected chi connectivity index (χ3v) is 4.74. The highest BCUT2D eigenvalue weighted by atomic mass is 16.5. The van der Waals surface area contributed by atoms with Crippen molar-refractivity contribution in [1.29, 1.82) is 0 Å². The van der Waals surface area contributed by atoms with Crippen LogP contribution in [0.5, 0.6) is 0 Å². The maximum atomic E-state index is 10.7. The molecule has 0 aliphatic heterocycles. The topological polar surface area (TPSA) is 29.5 Å². The zero-order valence-electron chi connectivity index (χ0n) is 11.8. The van der Waals surface area contributed by atoms with Crippen LogP contribution in [0.3, 0.4) is 0 Å². The summed E-state index contributed by atoms with van der Waals surface area (Å²) in [5.74, 6) is 2.15. The lowest BCUT2D eigenvalue weighted by Gasteiger charge is -2.39. The lowest BCUT2D eigenvalue weighted by molar-refractivity contribution is -0.115. The first-order valence-electron chi connectivity index (χ1n) is 7.23. The van der Waals surface area contributed by atoms with E-state index in [1.807, 2.05) is 6.92 Å². The van der Waals surface area contributed by atoms with E-state index in [2.05, 4.69) is 20.8 Å². The molecule has 1 N–H and O–H groups in total. The number of aliphatic hydroxyl groups excluding tert-OH is 1. The Hall–Kier alpha value is -0.0800. The summed E-state index contributed by atoms with van der Waals surface area (Å²) in [5, 5.41) is 10.7. The molecule has 0 amide bonds.